The Morgan fingerprint density at radius 2 is 0.865 bits per heavy atom. The van der Waals surface area contributed by atoms with Crippen LogP contribution in [-0.2, 0) is 0 Å². The van der Waals surface area contributed by atoms with E-state index in [0.717, 1.165) is 97.3 Å². The third-order valence-electron chi connectivity index (χ3n) is 15.2. The number of hydrogen-bond donors (Lipinski definition) is 8. The molecule has 74 heavy (non-hydrogen) atoms. The van der Waals surface area contributed by atoms with Gasteiger partial charge in [0.1, 0.15) is 0 Å². The quantitative estimate of drug-likeness (QED) is 0.0348. The zero-order valence-corrected chi connectivity index (χ0v) is 47.0. The van der Waals surface area contributed by atoms with Gasteiger partial charge in [0, 0.05) is 70.8 Å². The Morgan fingerprint density at radius 3 is 1.20 bits per heavy atom. The molecule has 0 amide bonds. The molecule has 8 rings (SSSR count). The van der Waals surface area contributed by atoms with Crippen molar-refractivity contribution in [3.8, 4) is 0 Å². The van der Waals surface area contributed by atoms with E-state index in [0.29, 0.717) is 59.9 Å². The van der Waals surface area contributed by atoms with Crippen molar-refractivity contribution in [2.24, 2.45) is 0 Å². The summed E-state index contributed by atoms with van der Waals surface area (Å²) >= 11 is 13.3. The topological polar surface area (TPSA) is 180 Å². The van der Waals surface area contributed by atoms with Crippen molar-refractivity contribution in [3.05, 3.63) is 57.6 Å². The molecular formula is C55H91Cl3N16. The summed E-state index contributed by atoms with van der Waals surface area (Å²) in [6.45, 7) is 14.9. The van der Waals surface area contributed by atoms with Gasteiger partial charge in [-0.1, -0.05) is 122 Å². The molecule has 0 spiro atoms. The summed E-state index contributed by atoms with van der Waals surface area (Å²) in [5.41, 5.74) is 3.91. The van der Waals surface area contributed by atoms with Gasteiger partial charge in [0.05, 0.1) is 0 Å². The van der Waals surface area contributed by atoms with Crippen molar-refractivity contribution in [2.45, 2.75) is 187 Å². The highest BCUT2D eigenvalue weighted by Crippen LogP contribution is 2.32. The second-order valence-electron chi connectivity index (χ2n) is 20.1. The number of nitrogens with one attached hydrogen (secondary N) is 8. The first-order chi connectivity index (χ1) is 35.2. The second-order valence-corrected chi connectivity index (χ2v) is 20.9. The zero-order valence-electron chi connectivity index (χ0n) is 44.6. The van der Waals surface area contributed by atoms with Crippen molar-refractivity contribution < 1.29 is 0 Å². The lowest BCUT2D eigenvalue weighted by molar-refractivity contribution is 0.276. The molecule has 0 bridgehead atoms. The van der Waals surface area contributed by atoms with Crippen LogP contribution in [-0.4, -0.2) is 117 Å². The summed E-state index contributed by atoms with van der Waals surface area (Å²) in [6.07, 6.45) is 21.8. The minimum absolute atomic E-state index is 0. The highest BCUT2D eigenvalue weighted by molar-refractivity contribution is 6.32. The number of likely N-dealkylation sites (tertiary alicyclic amines) is 2. The van der Waals surface area contributed by atoms with Crippen molar-refractivity contribution in [1.29, 1.82) is 0 Å². The van der Waals surface area contributed by atoms with E-state index in [1.165, 1.54) is 90.1 Å². The minimum atomic E-state index is 0. The highest BCUT2D eigenvalue weighted by atomic mass is 35.5. The number of rotatable bonds is 22. The number of likely N-dealkylation sites (N-methyl/N-ethyl adjacent to an activating group) is 2. The summed E-state index contributed by atoms with van der Waals surface area (Å²) < 4.78 is 0. The van der Waals surface area contributed by atoms with Crippen LogP contribution >= 0.6 is 35.6 Å². The first-order valence-corrected chi connectivity index (χ1v) is 28.4. The van der Waals surface area contributed by atoms with Gasteiger partial charge in [-0.3, -0.25) is 9.80 Å². The number of nitrogens with zero attached hydrogens (tertiary/aromatic N) is 8. The lowest BCUT2D eigenvalue weighted by Gasteiger charge is -2.23. The van der Waals surface area contributed by atoms with Gasteiger partial charge in [0.2, 0.25) is 35.7 Å². The van der Waals surface area contributed by atoms with Gasteiger partial charge in [0.25, 0.3) is 0 Å². The molecule has 16 nitrogen and oxygen atoms in total. The van der Waals surface area contributed by atoms with Crippen LogP contribution < -0.4 is 42.5 Å². The highest BCUT2D eigenvalue weighted by Gasteiger charge is 2.25. The van der Waals surface area contributed by atoms with Crippen LogP contribution in [0.15, 0.2) is 36.4 Å². The molecule has 8 N–H and O–H groups in total. The number of aromatic nitrogens is 6. The van der Waals surface area contributed by atoms with E-state index in [9.17, 15) is 0 Å². The van der Waals surface area contributed by atoms with Crippen molar-refractivity contribution in [2.75, 3.05) is 85.3 Å². The van der Waals surface area contributed by atoms with E-state index in [2.05, 4.69) is 92.2 Å². The van der Waals surface area contributed by atoms with Crippen LogP contribution in [0.2, 0.25) is 10.0 Å². The fraction of sp³-hybridized carbons (Fsp3) is 0.673. The van der Waals surface area contributed by atoms with Gasteiger partial charge in [-0.25, -0.2) is 0 Å². The SMILES string of the molecule is C.CCC(NC)c1ccc(Nc2nc(NCC3CCCN3CC)nc(NC3CCCCCC3)n2)cc1Cl.CCC(NC)c1ccc(Nc2nc(NCC3CCCN3CC)nc(NC3CCCCCC3)n2)cc1Cl.Cl. The summed E-state index contributed by atoms with van der Waals surface area (Å²) in [5.74, 6) is 3.51. The standard InChI is InChI=1S/2C27H43ClN8.CH4.ClH/c2*1-4-24(29-3)22-15-14-20(17-23(22)28)32-27-34-25(30-18-21-13-10-16-36(21)5-2)33-26(35-27)31-19-11-8-6-7-9-12-19;;/h2*14-15,17,19,21,24,29H,4-13,16,18H2,1-3H3,(H3,30,31,32,33,34,35);1H4;1H. The average molecular weight is 1080 g/mol. The van der Waals surface area contributed by atoms with Gasteiger partial charge >= 0.3 is 0 Å². The van der Waals surface area contributed by atoms with Crippen LogP contribution in [0.3, 0.4) is 0 Å². The Labute approximate surface area is 460 Å². The molecule has 2 aromatic heterocycles. The molecule has 4 aliphatic rings. The first kappa shape index (κ1) is 60.8. The summed E-state index contributed by atoms with van der Waals surface area (Å²) in [4.78, 5) is 33.4. The smallest absolute Gasteiger partial charge is 0.233 e. The number of hydrogen-bond acceptors (Lipinski definition) is 16. The Kier molecular flexibility index (Phi) is 26.2. The van der Waals surface area contributed by atoms with E-state index >= 15 is 0 Å². The van der Waals surface area contributed by atoms with Gasteiger partial charge in [-0.2, -0.15) is 29.9 Å². The third kappa shape index (κ3) is 18.0. The van der Waals surface area contributed by atoms with Crippen molar-refractivity contribution in [1.82, 2.24) is 50.3 Å². The van der Waals surface area contributed by atoms with Gasteiger partial charge in [0.15, 0.2) is 0 Å². The van der Waals surface area contributed by atoms with E-state index < -0.39 is 0 Å². The molecule has 412 valence electrons. The number of benzene rings is 2. The maximum Gasteiger partial charge on any atom is 0.233 e. The predicted octanol–water partition coefficient (Wildman–Crippen LogP) is 13.0. The summed E-state index contributed by atoms with van der Waals surface area (Å²) in [7, 11) is 3.92. The average Bonchev–Trinajstić information content (AvgIpc) is 3.87. The first-order valence-electron chi connectivity index (χ1n) is 27.7. The summed E-state index contributed by atoms with van der Waals surface area (Å²) in [6, 6.07) is 14.4. The number of anilines is 8. The largest absolute Gasteiger partial charge is 0.352 e. The Morgan fingerprint density at radius 1 is 0.500 bits per heavy atom. The molecule has 4 fully saturated rings. The normalized spacial score (nSPS) is 19.6. The molecule has 19 heteroatoms. The Balaban J connectivity index is 0.000000267. The van der Waals surface area contributed by atoms with Crippen LogP contribution in [0.4, 0.5) is 47.1 Å². The maximum absolute atomic E-state index is 6.64. The molecule has 2 saturated heterocycles. The van der Waals surface area contributed by atoms with Gasteiger partial charge < -0.3 is 42.5 Å². The lowest BCUT2D eigenvalue weighted by Crippen LogP contribution is -2.35. The molecule has 4 heterocycles. The second kappa shape index (κ2) is 31.9. The predicted molar refractivity (Wildman–Crippen MR) is 315 cm³/mol. The lowest BCUT2D eigenvalue weighted by atomic mass is 10.0. The van der Waals surface area contributed by atoms with Crippen molar-refractivity contribution >= 4 is 82.7 Å². The maximum atomic E-state index is 6.64. The molecule has 0 radical (unpaired) electrons. The Bertz CT molecular complexity index is 2080. The monoisotopic (exact) mass is 1080 g/mol. The molecule has 2 aliphatic heterocycles. The van der Waals surface area contributed by atoms with Crippen LogP contribution in [0.25, 0.3) is 0 Å². The molecule has 2 aliphatic carbocycles. The molecule has 4 atom stereocenters. The van der Waals surface area contributed by atoms with Crippen LogP contribution in [0, 0.1) is 0 Å². The number of halogens is 3. The van der Waals surface area contributed by atoms with Crippen LogP contribution in [0.5, 0.6) is 0 Å². The van der Waals surface area contributed by atoms with Crippen molar-refractivity contribution in [3.63, 3.8) is 0 Å². The fourth-order valence-electron chi connectivity index (χ4n) is 11.1. The third-order valence-corrected chi connectivity index (χ3v) is 15.9. The Hall–Kier alpha value is -4.03. The minimum Gasteiger partial charge on any atom is -0.352 e. The molecule has 4 aromatic rings. The molecule has 4 unspecified atom stereocenters. The summed E-state index contributed by atoms with van der Waals surface area (Å²) in [5, 5.41) is 29.0. The molecule has 2 aromatic carbocycles. The van der Waals surface area contributed by atoms with E-state index in [1.54, 1.807) is 0 Å². The van der Waals surface area contributed by atoms with E-state index in [1.807, 2.05) is 38.4 Å². The van der Waals surface area contributed by atoms with Gasteiger partial charge in [-0.05, 0) is 140 Å². The van der Waals surface area contributed by atoms with Gasteiger partial charge in [-0.15, -0.1) is 12.4 Å². The molecule has 2 saturated carbocycles. The molecular weight excluding hydrogens is 991 g/mol. The van der Waals surface area contributed by atoms with E-state index in [-0.39, 0.29) is 31.9 Å². The van der Waals surface area contributed by atoms with E-state index in [4.69, 9.17) is 53.1 Å². The zero-order chi connectivity index (χ0) is 50.7. The van der Waals surface area contributed by atoms with Crippen LogP contribution in [0.1, 0.15) is 174 Å². The fourth-order valence-corrected chi connectivity index (χ4v) is 11.7.